The molecule has 0 bridgehead atoms. The molecule has 0 spiro atoms. The summed E-state index contributed by atoms with van der Waals surface area (Å²) in [5.41, 5.74) is 11.5. The molecule has 0 aliphatic rings. The van der Waals surface area contributed by atoms with Crippen molar-refractivity contribution in [3.8, 4) is 11.1 Å². The topological polar surface area (TPSA) is 6.48 Å². The van der Waals surface area contributed by atoms with E-state index in [1.54, 1.807) is 0 Å². The molecule has 0 aliphatic heterocycles. The average Bonchev–Trinajstić information content (AvgIpc) is 3.19. The van der Waals surface area contributed by atoms with Crippen molar-refractivity contribution in [3.05, 3.63) is 217 Å². The average molecular weight is 641 g/mol. The third kappa shape index (κ3) is 6.69. The molecular formula is C48H36N2. The number of fused-ring (bicyclic) bond motifs is 1. The predicted molar refractivity (Wildman–Crippen MR) is 214 cm³/mol. The Morgan fingerprint density at radius 3 is 1.10 bits per heavy atom. The van der Waals surface area contributed by atoms with E-state index in [-0.39, 0.29) is 0 Å². The van der Waals surface area contributed by atoms with Crippen LogP contribution in [0.25, 0.3) is 34.1 Å². The Bertz CT molecular complexity index is 2290. The third-order valence-electron chi connectivity index (χ3n) is 9.02. The van der Waals surface area contributed by atoms with Crippen molar-refractivity contribution in [3.63, 3.8) is 0 Å². The van der Waals surface area contributed by atoms with Crippen molar-refractivity contribution < 1.29 is 0 Å². The van der Waals surface area contributed by atoms with Gasteiger partial charge in [-0.1, -0.05) is 146 Å². The number of nitrogens with zero attached hydrogens (tertiary/aromatic N) is 2. The zero-order chi connectivity index (χ0) is 33.5. The van der Waals surface area contributed by atoms with Crippen molar-refractivity contribution in [2.24, 2.45) is 0 Å². The molecule has 0 fully saturated rings. The maximum atomic E-state index is 2.32. The molecule has 238 valence electrons. The Balaban J connectivity index is 0.993. The van der Waals surface area contributed by atoms with Crippen molar-refractivity contribution in [1.29, 1.82) is 0 Å². The van der Waals surface area contributed by atoms with Crippen LogP contribution in [0.15, 0.2) is 206 Å². The highest BCUT2D eigenvalue weighted by Crippen LogP contribution is 2.37. The first kappa shape index (κ1) is 30.7. The first-order valence-electron chi connectivity index (χ1n) is 17.0. The zero-order valence-corrected chi connectivity index (χ0v) is 27.7. The van der Waals surface area contributed by atoms with Gasteiger partial charge >= 0.3 is 0 Å². The summed E-state index contributed by atoms with van der Waals surface area (Å²) in [6.07, 6.45) is 4.35. The van der Waals surface area contributed by atoms with Gasteiger partial charge in [0.25, 0.3) is 0 Å². The normalized spacial score (nSPS) is 11.1. The molecule has 2 heteroatoms. The molecule has 50 heavy (non-hydrogen) atoms. The lowest BCUT2D eigenvalue weighted by Crippen LogP contribution is -2.09. The lowest BCUT2D eigenvalue weighted by Gasteiger charge is -2.26. The van der Waals surface area contributed by atoms with Crippen molar-refractivity contribution in [2.45, 2.75) is 0 Å². The van der Waals surface area contributed by atoms with Gasteiger partial charge in [-0.15, -0.1) is 0 Å². The molecule has 0 saturated carbocycles. The van der Waals surface area contributed by atoms with Gasteiger partial charge in [0.1, 0.15) is 0 Å². The summed E-state index contributed by atoms with van der Waals surface area (Å²) in [5.74, 6) is 0. The van der Waals surface area contributed by atoms with E-state index in [1.165, 1.54) is 21.9 Å². The maximum absolute atomic E-state index is 2.32. The molecule has 0 amide bonds. The van der Waals surface area contributed by atoms with E-state index in [0.29, 0.717) is 0 Å². The summed E-state index contributed by atoms with van der Waals surface area (Å²) >= 11 is 0. The molecule has 0 radical (unpaired) electrons. The van der Waals surface area contributed by atoms with E-state index in [4.69, 9.17) is 0 Å². The number of rotatable bonds is 9. The Morgan fingerprint density at radius 1 is 0.260 bits per heavy atom. The molecule has 2 nitrogen and oxygen atoms in total. The molecule has 8 rings (SSSR count). The van der Waals surface area contributed by atoms with E-state index < -0.39 is 0 Å². The van der Waals surface area contributed by atoms with Crippen LogP contribution in [-0.4, -0.2) is 0 Å². The molecule has 8 aromatic rings. The third-order valence-corrected chi connectivity index (χ3v) is 9.02. The lowest BCUT2D eigenvalue weighted by molar-refractivity contribution is 1.28. The first-order valence-corrected chi connectivity index (χ1v) is 17.0. The molecule has 0 unspecified atom stereocenters. The smallest absolute Gasteiger partial charge is 0.0468 e. The Morgan fingerprint density at radius 2 is 0.600 bits per heavy atom. The number of anilines is 6. The van der Waals surface area contributed by atoms with Crippen LogP contribution in [0.5, 0.6) is 0 Å². The van der Waals surface area contributed by atoms with Gasteiger partial charge in [-0.05, 0) is 106 Å². The van der Waals surface area contributed by atoms with Crippen LogP contribution < -0.4 is 9.80 Å². The maximum Gasteiger partial charge on any atom is 0.0468 e. The Hall–Kier alpha value is -6.64. The van der Waals surface area contributed by atoms with Gasteiger partial charge in [0.05, 0.1) is 0 Å². The second-order valence-electron chi connectivity index (χ2n) is 12.3. The number of para-hydroxylation sites is 3. The molecule has 0 saturated heterocycles. The van der Waals surface area contributed by atoms with Crippen LogP contribution in [0, 0.1) is 0 Å². The molecule has 0 aromatic heterocycles. The van der Waals surface area contributed by atoms with Gasteiger partial charge < -0.3 is 9.80 Å². The Kier molecular flexibility index (Phi) is 8.73. The number of hydrogen-bond donors (Lipinski definition) is 0. The monoisotopic (exact) mass is 640 g/mol. The van der Waals surface area contributed by atoms with Crippen LogP contribution in [-0.2, 0) is 0 Å². The second kappa shape index (κ2) is 14.2. The Labute approximate surface area is 294 Å². The lowest BCUT2D eigenvalue weighted by atomic mass is 10.0. The van der Waals surface area contributed by atoms with Crippen LogP contribution in [0.2, 0.25) is 0 Å². The minimum Gasteiger partial charge on any atom is -0.311 e. The predicted octanol–water partition coefficient (Wildman–Crippen LogP) is 13.6. The minimum absolute atomic E-state index is 1.12. The van der Waals surface area contributed by atoms with Gasteiger partial charge in [0.2, 0.25) is 0 Å². The summed E-state index contributed by atoms with van der Waals surface area (Å²) in [6, 6.07) is 73.1. The van der Waals surface area contributed by atoms with Crippen LogP contribution in [0.4, 0.5) is 34.1 Å². The summed E-state index contributed by atoms with van der Waals surface area (Å²) in [7, 11) is 0. The van der Waals surface area contributed by atoms with Gasteiger partial charge in [-0.2, -0.15) is 0 Å². The van der Waals surface area contributed by atoms with E-state index in [0.717, 1.165) is 45.3 Å². The van der Waals surface area contributed by atoms with Crippen molar-refractivity contribution in [1.82, 2.24) is 0 Å². The first-order chi connectivity index (χ1) is 24.8. The van der Waals surface area contributed by atoms with E-state index in [1.807, 2.05) is 0 Å². The summed E-state index contributed by atoms with van der Waals surface area (Å²) in [5, 5.41) is 2.47. The van der Waals surface area contributed by atoms with Crippen LogP contribution in [0.3, 0.4) is 0 Å². The molecule has 0 N–H and O–H groups in total. The fraction of sp³-hybridized carbons (Fsp3) is 0. The van der Waals surface area contributed by atoms with Crippen molar-refractivity contribution in [2.75, 3.05) is 9.80 Å². The van der Waals surface area contributed by atoms with E-state index >= 15 is 0 Å². The standard InChI is InChI=1S/C48H36N2/c1-4-14-43(15-5-1)49(44-16-6-2-7-17-44)46-31-24-38(25-32-46)21-20-37-22-26-40(27-23-37)41-28-33-47(34-29-41)50(45-18-8-3-9-19-45)48-35-30-39-12-10-11-13-42(39)36-48/h1-36H. The fourth-order valence-corrected chi connectivity index (χ4v) is 6.46. The van der Waals surface area contributed by atoms with E-state index in [2.05, 4.69) is 228 Å². The SMILES string of the molecule is C(=Cc1ccc(N(c2ccccc2)c2ccccc2)cc1)c1ccc(-c2ccc(N(c3ccccc3)c3ccc4ccccc4c3)cc2)cc1. The zero-order valence-electron chi connectivity index (χ0n) is 27.7. The quantitative estimate of drug-likeness (QED) is 0.145. The van der Waals surface area contributed by atoms with Gasteiger partial charge in [0, 0.05) is 34.1 Å². The highest BCUT2D eigenvalue weighted by molar-refractivity contribution is 5.89. The van der Waals surface area contributed by atoms with E-state index in [9.17, 15) is 0 Å². The summed E-state index contributed by atoms with van der Waals surface area (Å²) < 4.78 is 0. The number of hydrogen-bond acceptors (Lipinski definition) is 2. The molecule has 0 atom stereocenters. The summed E-state index contributed by atoms with van der Waals surface area (Å²) in [6.45, 7) is 0. The highest BCUT2D eigenvalue weighted by atomic mass is 15.1. The van der Waals surface area contributed by atoms with Gasteiger partial charge in [0.15, 0.2) is 0 Å². The second-order valence-corrected chi connectivity index (χ2v) is 12.3. The molecule has 0 heterocycles. The van der Waals surface area contributed by atoms with Crippen molar-refractivity contribution >= 4 is 57.0 Å². The largest absolute Gasteiger partial charge is 0.311 e. The molecular weight excluding hydrogens is 605 g/mol. The fourth-order valence-electron chi connectivity index (χ4n) is 6.46. The summed E-state index contributed by atoms with van der Waals surface area (Å²) in [4.78, 5) is 4.60. The van der Waals surface area contributed by atoms with Gasteiger partial charge in [-0.3, -0.25) is 0 Å². The number of benzene rings is 8. The van der Waals surface area contributed by atoms with Crippen LogP contribution in [0.1, 0.15) is 11.1 Å². The minimum atomic E-state index is 1.12. The molecule has 0 aliphatic carbocycles. The van der Waals surface area contributed by atoms with Gasteiger partial charge in [-0.25, -0.2) is 0 Å². The highest BCUT2D eigenvalue weighted by Gasteiger charge is 2.14. The van der Waals surface area contributed by atoms with Crippen LogP contribution >= 0.6 is 0 Å². The molecule has 8 aromatic carbocycles.